The van der Waals surface area contributed by atoms with Crippen LogP contribution in [0.5, 0.6) is 11.5 Å². The molecule has 8 heteroatoms. The minimum Gasteiger partial charge on any atom is -0.493 e. The van der Waals surface area contributed by atoms with Gasteiger partial charge in [-0.15, -0.1) is 0 Å². The average Bonchev–Trinajstić information content (AvgIpc) is 2.77. The Morgan fingerprint density at radius 3 is 2.38 bits per heavy atom. The highest BCUT2D eigenvalue weighted by molar-refractivity contribution is 7.95. The Labute approximate surface area is 197 Å². The summed E-state index contributed by atoms with van der Waals surface area (Å²) >= 11 is 12.1. The number of benzene rings is 3. The number of methoxy groups -OCH3 is 1. The van der Waals surface area contributed by atoms with Crippen LogP contribution in [-0.2, 0) is 16.4 Å². The fraction of sp³-hybridized carbons (Fsp3) is 0.125. The van der Waals surface area contributed by atoms with Gasteiger partial charge in [-0.1, -0.05) is 53.0 Å². The second-order valence-corrected chi connectivity index (χ2v) is 9.63. The van der Waals surface area contributed by atoms with Crippen molar-refractivity contribution < 1.29 is 17.9 Å². The van der Waals surface area contributed by atoms with Crippen molar-refractivity contribution in [3.8, 4) is 17.6 Å². The van der Waals surface area contributed by atoms with Gasteiger partial charge in [0, 0.05) is 15.6 Å². The number of rotatable bonds is 7. The summed E-state index contributed by atoms with van der Waals surface area (Å²) < 4.78 is 36.9. The molecule has 0 saturated heterocycles. The predicted octanol–water partition coefficient (Wildman–Crippen LogP) is 6.23. The van der Waals surface area contributed by atoms with Gasteiger partial charge >= 0.3 is 0 Å². The van der Waals surface area contributed by atoms with E-state index in [0.29, 0.717) is 27.1 Å². The fourth-order valence-electron chi connectivity index (χ4n) is 2.85. The van der Waals surface area contributed by atoms with E-state index < -0.39 is 9.84 Å². The van der Waals surface area contributed by atoms with Crippen LogP contribution in [0.3, 0.4) is 0 Å². The lowest BCUT2D eigenvalue weighted by Gasteiger charge is -2.12. The molecule has 5 nitrogen and oxygen atoms in total. The Kier molecular flexibility index (Phi) is 7.47. The second-order valence-electron chi connectivity index (χ2n) is 6.87. The first-order valence-corrected chi connectivity index (χ1v) is 11.7. The number of nitrogens with zero attached hydrogens (tertiary/aromatic N) is 1. The summed E-state index contributed by atoms with van der Waals surface area (Å²) in [5.41, 5.74) is 2.15. The van der Waals surface area contributed by atoms with E-state index in [-0.39, 0.29) is 16.4 Å². The summed E-state index contributed by atoms with van der Waals surface area (Å²) in [6.45, 7) is 2.04. The van der Waals surface area contributed by atoms with Gasteiger partial charge in [0.25, 0.3) is 0 Å². The van der Waals surface area contributed by atoms with Crippen molar-refractivity contribution >= 4 is 39.1 Å². The summed E-state index contributed by atoms with van der Waals surface area (Å²) in [5, 5.41) is 10.5. The summed E-state index contributed by atoms with van der Waals surface area (Å²) in [4.78, 5) is -0.312. The summed E-state index contributed by atoms with van der Waals surface area (Å²) in [6.07, 6.45) is 1.30. The molecule has 0 aliphatic rings. The molecule has 0 unspecified atom stereocenters. The van der Waals surface area contributed by atoms with E-state index in [1.807, 2.05) is 6.92 Å². The first-order chi connectivity index (χ1) is 15.2. The molecule has 0 spiro atoms. The number of sulfone groups is 1. The van der Waals surface area contributed by atoms with Crippen molar-refractivity contribution in [1.82, 2.24) is 0 Å². The maximum Gasteiger partial charge on any atom is 0.216 e. The smallest absolute Gasteiger partial charge is 0.216 e. The number of ether oxygens (including phenoxy) is 2. The first kappa shape index (κ1) is 23.7. The van der Waals surface area contributed by atoms with Crippen molar-refractivity contribution in [2.24, 2.45) is 0 Å². The lowest BCUT2D eigenvalue weighted by molar-refractivity contribution is 0.284. The number of hydrogen-bond donors (Lipinski definition) is 0. The summed E-state index contributed by atoms with van der Waals surface area (Å²) in [7, 11) is -2.48. The lowest BCUT2D eigenvalue weighted by Crippen LogP contribution is -2.03. The molecular weight excluding hydrogens is 469 g/mol. The van der Waals surface area contributed by atoms with E-state index in [4.69, 9.17) is 32.7 Å². The quantitative estimate of drug-likeness (QED) is 0.369. The predicted molar refractivity (Wildman–Crippen MR) is 126 cm³/mol. The van der Waals surface area contributed by atoms with E-state index in [2.05, 4.69) is 0 Å². The van der Waals surface area contributed by atoms with Crippen LogP contribution in [0.25, 0.3) is 6.08 Å². The van der Waals surface area contributed by atoms with E-state index in [0.717, 1.165) is 11.1 Å². The molecule has 0 amide bonds. The zero-order valence-electron chi connectivity index (χ0n) is 17.3. The highest BCUT2D eigenvalue weighted by Gasteiger charge is 2.21. The van der Waals surface area contributed by atoms with Crippen LogP contribution in [0, 0.1) is 18.3 Å². The molecular formula is C24H19Cl2NO4S. The average molecular weight is 488 g/mol. The maximum absolute atomic E-state index is 12.8. The van der Waals surface area contributed by atoms with E-state index >= 15 is 0 Å². The molecule has 0 atom stereocenters. The Bertz CT molecular complexity index is 1310. The molecule has 0 saturated carbocycles. The van der Waals surface area contributed by atoms with Crippen LogP contribution in [0.2, 0.25) is 10.0 Å². The molecule has 0 N–H and O–H groups in total. The van der Waals surface area contributed by atoms with Gasteiger partial charge in [-0.2, -0.15) is 5.26 Å². The van der Waals surface area contributed by atoms with Crippen molar-refractivity contribution in [1.29, 1.82) is 5.26 Å². The Morgan fingerprint density at radius 1 is 1.03 bits per heavy atom. The molecule has 32 heavy (non-hydrogen) atoms. The summed E-state index contributed by atoms with van der Waals surface area (Å²) in [6, 6.07) is 18.1. The molecule has 0 heterocycles. The van der Waals surface area contributed by atoms with Gasteiger partial charge in [0.2, 0.25) is 9.84 Å². The highest BCUT2D eigenvalue weighted by Crippen LogP contribution is 2.31. The Balaban J connectivity index is 1.87. The van der Waals surface area contributed by atoms with Gasteiger partial charge < -0.3 is 9.47 Å². The van der Waals surface area contributed by atoms with E-state index in [1.165, 1.54) is 25.3 Å². The minimum absolute atomic E-state index is 0.0580. The number of allylic oxidation sites excluding steroid dienone is 1. The monoisotopic (exact) mass is 487 g/mol. The van der Waals surface area contributed by atoms with Gasteiger partial charge in [0.15, 0.2) is 11.5 Å². The molecule has 0 fully saturated rings. The molecule has 0 radical (unpaired) electrons. The molecule has 0 aliphatic heterocycles. The Morgan fingerprint density at radius 2 is 1.75 bits per heavy atom. The largest absolute Gasteiger partial charge is 0.493 e. The molecule has 0 aliphatic carbocycles. The standard InChI is InChI=1S/C24H19Cl2NO4S/c1-16-3-8-20(9-4-16)32(28,29)21(14-27)11-17-5-10-23(24(12-17)30-2)31-15-18-6-7-19(25)13-22(18)26/h3-13H,15H2,1-2H3/b21-11+. The molecule has 3 aromatic carbocycles. The van der Waals surface area contributed by atoms with E-state index in [1.54, 1.807) is 54.6 Å². The zero-order chi connectivity index (χ0) is 23.3. The number of aryl methyl sites for hydroxylation is 1. The number of hydrogen-bond acceptors (Lipinski definition) is 5. The maximum atomic E-state index is 12.8. The van der Waals surface area contributed by atoms with E-state index in [9.17, 15) is 13.7 Å². The van der Waals surface area contributed by atoms with Crippen molar-refractivity contribution in [3.63, 3.8) is 0 Å². The van der Waals surface area contributed by atoms with Gasteiger partial charge in [-0.25, -0.2) is 8.42 Å². The van der Waals surface area contributed by atoms with Crippen LogP contribution in [-0.4, -0.2) is 15.5 Å². The fourth-order valence-corrected chi connectivity index (χ4v) is 4.48. The highest BCUT2D eigenvalue weighted by atomic mass is 35.5. The van der Waals surface area contributed by atoms with Crippen LogP contribution in [0.15, 0.2) is 70.5 Å². The first-order valence-electron chi connectivity index (χ1n) is 9.43. The molecule has 0 bridgehead atoms. The summed E-state index contributed by atoms with van der Waals surface area (Å²) in [5.74, 6) is 0.824. The number of nitriles is 1. The van der Waals surface area contributed by atoms with Gasteiger partial charge in [0.1, 0.15) is 17.6 Å². The third kappa shape index (κ3) is 5.43. The zero-order valence-corrected chi connectivity index (χ0v) is 19.6. The second kappa shape index (κ2) is 10.1. The van der Waals surface area contributed by atoms with Gasteiger partial charge in [-0.05, 0) is 55.0 Å². The molecule has 0 aromatic heterocycles. The van der Waals surface area contributed by atoms with Crippen LogP contribution < -0.4 is 9.47 Å². The van der Waals surface area contributed by atoms with Crippen LogP contribution in [0.4, 0.5) is 0 Å². The third-order valence-electron chi connectivity index (χ3n) is 4.61. The molecule has 164 valence electrons. The number of halogens is 2. The van der Waals surface area contributed by atoms with Crippen LogP contribution >= 0.6 is 23.2 Å². The molecule has 3 rings (SSSR count). The van der Waals surface area contributed by atoms with Crippen molar-refractivity contribution in [2.45, 2.75) is 18.4 Å². The van der Waals surface area contributed by atoms with Crippen molar-refractivity contribution in [3.05, 3.63) is 92.3 Å². The van der Waals surface area contributed by atoms with Gasteiger partial charge in [0.05, 0.1) is 12.0 Å². The lowest BCUT2D eigenvalue weighted by atomic mass is 10.2. The minimum atomic E-state index is -3.95. The van der Waals surface area contributed by atoms with Crippen LogP contribution in [0.1, 0.15) is 16.7 Å². The Hall–Kier alpha value is -2.98. The van der Waals surface area contributed by atoms with Crippen molar-refractivity contribution in [2.75, 3.05) is 7.11 Å². The topological polar surface area (TPSA) is 76.4 Å². The normalized spacial score (nSPS) is 11.7. The SMILES string of the molecule is COc1cc(/C=C(\C#N)S(=O)(=O)c2ccc(C)cc2)ccc1OCc1ccc(Cl)cc1Cl. The molecule has 3 aromatic rings. The van der Waals surface area contributed by atoms with Gasteiger partial charge in [-0.3, -0.25) is 0 Å². The third-order valence-corrected chi connectivity index (χ3v) is 6.88.